The predicted molar refractivity (Wildman–Crippen MR) is 112 cm³/mol. The molecule has 0 atom stereocenters. The average molecular weight is 436 g/mol. The third kappa shape index (κ3) is 5.57. The molecule has 0 unspecified atom stereocenters. The topological polar surface area (TPSA) is 92.3 Å². The van der Waals surface area contributed by atoms with Crippen LogP contribution in [-0.4, -0.2) is 25.7 Å². The fourth-order valence-electron chi connectivity index (χ4n) is 2.88. The predicted octanol–water partition coefficient (Wildman–Crippen LogP) is 3.86. The van der Waals surface area contributed by atoms with Gasteiger partial charge in [-0.15, -0.1) is 0 Å². The van der Waals surface area contributed by atoms with Crippen molar-refractivity contribution in [1.29, 1.82) is 0 Å². The Hall–Kier alpha value is -4.01. The average Bonchev–Trinajstić information content (AvgIpc) is 3.45. The van der Waals surface area contributed by atoms with Gasteiger partial charge in [0.25, 0.3) is 0 Å². The van der Waals surface area contributed by atoms with Crippen LogP contribution in [0, 0.1) is 5.82 Å². The Balaban J connectivity index is 1.20. The SMILES string of the molecule is Cn1ccnc1COc1ccc(COC(=O)CCc2nc(-c3ccc(F)cc3)no2)cc1. The number of hydrogen-bond acceptors (Lipinski definition) is 7. The molecule has 0 saturated heterocycles. The number of rotatable bonds is 9. The Morgan fingerprint density at radius 2 is 1.88 bits per heavy atom. The van der Waals surface area contributed by atoms with Gasteiger partial charge in [0.15, 0.2) is 0 Å². The van der Waals surface area contributed by atoms with Gasteiger partial charge in [0.1, 0.15) is 30.6 Å². The van der Waals surface area contributed by atoms with Crippen LogP contribution in [-0.2, 0) is 36.2 Å². The summed E-state index contributed by atoms with van der Waals surface area (Å²) in [6.45, 7) is 0.527. The van der Waals surface area contributed by atoms with Crippen molar-refractivity contribution in [3.8, 4) is 17.1 Å². The van der Waals surface area contributed by atoms with E-state index in [2.05, 4.69) is 15.1 Å². The molecule has 8 nitrogen and oxygen atoms in total. The molecule has 0 amide bonds. The molecule has 0 aliphatic rings. The normalized spacial score (nSPS) is 10.8. The van der Waals surface area contributed by atoms with Gasteiger partial charge in [0.05, 0.1) is 6.42 Å². The van der Waals surface area contributed by atoms with Gasteiger partial charge in [-0.2, -0.15) is 4.98 Å². The van der Waals surface area contributed by atoms with Gasteiger partial charge in [-0.3, -0.25) is 4.79 Å². The number of benzene rings is 2. The first-order valence-corrected chi connectivity index (χ1v) is 9.99. The Labute approximate surface area is 183 Å². The van der Waals surface area contributed by atoms with E-state index in [1.807, 2.05) is 42.1 Å². The lowest BCUT2D eigenvalue weighted by Gasteiger charge is -2.08. The molecule has 9 heteroatoms. The molecule has 0 radical (unpaired) electrons. The number of aryl methyl sites for hydroxylation is 2. The summed E-state index contributed by atoms with van der Waals surface area (Å²) in [6, 6.07) is 13.1. The molecule has 0 aliphatic heterocycles. The number of carbonyl (C=O) groups is 1. The van der Waals surface area contributed by atoms with Gasteiger partial charge in [-0.05, 0) is 42.0 Å². The molecular formula is C23H21FN4O4. The molecule has 2 aromatic carbocycles. The quantitative estimate of drug-likeness (QED) is 0.368. The number of halogens is 1. The molecule has 0 aliphatic carbocycles. The van der Waals surface area contributed by atoms with E-state index in [1.165, 1.54) is 12.1 Å². The Morgan fingerprint density at radius 1 is 1.09 bits per heavy atom. The summed E-state index contributed by atoms with van der Waals surface area (Å²) in [4.78, 5) is 20.5. The highest BCUT2D eigenvalue weighted by molar-refractivity contribution is 5.69. The minimum atomic E-state index is -0.373. The third-order valence-corrected chi connectivity index (χ3v) is 4.73. The number of aromatic nitrogens is 4. The van der Waals surface area contributed by atoms with Crippen LogP contribution in [0.25, 0.3) is 11.4 Å². The first-order chi connectivity index (χ1) is 15.6. The molecular weight excluding hydrogens is 415 g/mol. The molecule has 0 fully saturated rings. The summed E-state index contributed by atoms with van der Waals surface area (Å²) < 4.78 is 31.1. The minimum Gasteiger partial charge on any atom is -0.486 e. The van der Waals surface area contributed by atoms with E-state index < -0.39 is 0 Å². The number of imidazole rings is 1. The first-order valence-electron chi connectivity index (χ1n) is 9.99. The third-order valence-electron chi connectivity index (χ3n) is 4.73. The molecule has 32 heavy (non-hydrogen) atoms. The lowest BCUT2D eigenvalue weighted by molar-refractivity contribution is -0.145. The Kier molecular flexibility index (Phi) is 6.54. The van der Waals surface area contributed by atoms with Crippen molar-refractivity contribution in [2.24, 2.45) is 7.05 Å². The van der Waals surface area contributed by atoms with Crippen molar-refractivity contribution in [1.82, 2.24) is 19.7 Å². The van der Waals surface area contributed by atoms with Crippen LogP contribution in [0.2, 0.25) is 0 Å². The summed E-state index contributed by atoms with van der Waals surface area (Å²) in [5.74, 6) is 1.48. The van der Waals surface area contributed by atoms with Crippen molar-refractivity contribution in [3.05, 3.63) is 84.0 Å². The van der Waals surface area contributed by atoms with Crippen molar-refractivity contribution in [2.45, 2.75) is 26.1 Å². The van der Waals surface area contributed by atoms with E-state index in [1.54, 1.807) is 18.3 Å². The minimum absolute atomic E-state index is 0.107. The van der Waals surface area contributed by atoms with E-state index in [4.69, 9.17) is 14.0 Å². The zero-order valence-corrected chi connectivity index (χ0v) is 17.4. The number of ether oxygens (including phenoxy) is 2. The van der Waals surface area contributed by atoms with Crippen LogP contribution < -0.4 is 4.74 Å². The fourth-order valence-corrected chi connectivity index (χ4v) is 2.88. The van der Waals surface area contributed by atoms with Gasteiger partial charge >= 0.3 is 5.97 Å². The standard InChI is InChI=1S/C23H21FN4O4/c1-28-13-12-25-20(28)15-30-19-8-2-16(3-9-19)14-31-22(29)11-10-21-26-23(27-32-21)17-4-6-18(24)7-5-17/h2-9,12-13H,10-11,14-15H2,1H3. The fraction of sp³-hybridized carbons (Fsp3) is 0.217. The van der Waals surface area contributed by atoms with E-state index in [0.717, 1.165) is 11.4 Å². The summed E-state index contributed by atoms with van der Waals surface area (Å²) in [5, 5.41) is 3.85. The maximum Gasteiger partial charge on any atom is 0.306 e. The van der Waals surface area contributed by atoms with Gasteiger partial charge in [-0.25, -0.2) is 9.37 Å². The molecule has 0 bridgehead atoms. The van der Waals surface area contributed by atoms with Crippen LogP contribution in [0.5, 0.6) is 5.75 Å². The molecule has 4 aromatic rings. The van der Waals surface area contributed by atoms with Crippen LogP contribution in [0.4, 0.5) is 4.39 Å². The highest BCUT2D eigenvalue weighted by atomic mass is 19.1. The summed E-state index contributed by atoms with van der Waals surface area (Å²) in [5.41, 5.74) is 1.48. The molecule has 0 saturated carbocycles. The van der Waals surface area contributed by atoms with E-state index in [0.29, 0.717) is 29.6 Å². The first kappa shape index (κ1) is 21.2. The van der Waals surface area contributed by atoms with Gasteiger partial charge in [-0.1, -0.05) is 17.3 Å². The van der Waals surface area contributed by atoms with Crippen molar-refractivity contribution in [3.63, 3.8) is 0 Å². The zero-order valence-electron chi connectivity index (χ0n) is 17.4. The van der Waals surface area contributed by atoms with E-state index in [9.17, 15) is 9.18 Å². The summed E-state index contributed by atoms with van der Waals surface area (Å²) >= 11 is 0. The van der Waals surface area contributed by atoms with Crippen molar-refractivity contribution < 1.29 is 23.2 Å². The maximum atomic E-state index is 13.0. The van der Waals surface area contributed by atoms with E-state index >= 15 is 0 Å². The monoisotopic (exact) mass is 436 g/mol. The van der Waals surface area contributed by atoms with Crippen LogP contribution in [0.1, 0.15) is 23.7 Å². The lowest BCUT2D eigenvalue weighted by Crippen LogP contribution is -2.06. The van der Waals surface area contributed by atoms with Crippen molar-refractivity contribution in [2.75, 3.05) is 0 Å². The highest BCUT2D eigenvalue weighted by Crippen LogP contribution is 2.17. The Morgan fingerprint density at radius 3 is 2.59 bits per heavy atom. The lowest BCUT2D eigenvalue weighted by atomic mass is 10.2. The largest absolute Gasteiger partial charge is 0.486 e. The molecule has 0 spiro atoms. The second-order valence-corrected chi connectivity index (χ2v) is 7.07. The van der Waals surface area contributed by atoms with Crippen LogP contribution in [0.15, 0.2) is 65.4 Å². The molecule has 4 rings (SSSR count). The van der Waals surface area contributed by atoms with Crippen LogP contribution >= 0.6 is 0 Å². The molecule has 2 heterocycles. The number of nitrogens with zero attached hydrogens (tertiary/aromatic N) is 4. The molecule has 2 aromatic heterocycles. The molecule has 164 valence electrons. The highest BCUT2D eigenvalue weighted by Gasteiger charge is 2.12. The Bertz CT molecular complexity index is 1170. The van der Waals surface area contributed by atoms with Crippen LogP contribution in [0.3, 0.4) is 0 Å². The zero-order chi connectivity index (χ0) is 22.3. The van der Waals surface area contributed by atoms with Gasteiger partial charge < -0.3 is 18.6 Å². The smallest absolute Gasteiger partial charge is 0.306 e. The maximum absolute atomic E-state index is 13.0. The van der Waals surface area contributed by atoms with E-state index in [-0.39, 0.29) is 31.2 Å². The summed E-state index contributed by atoms with van der Waals surface area (Å²) in [7, 11) is 1.91. The second-order valence-electron chi connectivity index (χ2n) is 7.07. The second kappa shape index (κ2) is 9.86. The van der Waals surface area contributed by atoms with Gasteiger partial charge in [0, 0.05) is 31.4 Å². The number of carbonyl (C=O) groups excluding carboxylic acids is 1. The van der Waals surface area contributed by atoms with Crippen molar-refractivity contribution >= 4 is 5.97 Å². The number of esters is 1. The van der Waals surface area contributed by atoms with Gasteiger partial charge in [0.2, 0.25) is 11.7 Å². The molecule has 0 N–H and O–H groups in total. The summed E-state index contributed by atoms with van der Waals surface area (Å²) in [6.07, 6.45) is 3.95. The number of hydrogen-bond donors (Lipinski definition) is 0.